The molecule has 0 aliphatic carbocycles. The van der Waals surface area contributed by atoms with Crippen LogP contribution in [-0.4, -0.2) is 52.5 Å². The van der Waals surface area contributed by atoms with Crippen LogP contribution in [0.5, 0.6) is 0 Å². The number of H-pyrrole nitrogens is 1. The van der Waals surface area contributed by atoms with Crippen LogP contribution in [0.25, 0.3) is 0 Å². The third-order valence-corrected chi connectivity index (χ3v) is 2.32. The van der Waals surface area contributed by atoms with E-state index in [-0.39, 0.29) is 6.03 Å². The third-order valence-electron chi connectivity index (χ3n) is 2.32. The molecule has 0 spiro atoms. The summed E-state index contributed by atoms with van der Waals surface area (Å²) in [6.45, 7) is 2.77. The van der Waals surface area contributed by atoms with Crippen molar-refractivity contribution < 1.29 is 4.79 Å². The molecule has 7 nitrogen and oxygen atoms in total. The maximum atomic E-state index is 10.8. The number of primary amides is 1. The number of carbonyl (C=O) groups excluding carboxylic acids is 1. The number of amides is 2. The lowest BCUT2D eigenvalue weighted by Crippen LogP contribution is -2.50. The molecule has 0 atom stereocenters. The molecule has 0 radical (unpaired) electrons. The van der Waals surface area contributed by atoms with E-state index in [0.717, 1.165) is 18.9 Å². The van der Waals surface area contributed by atoms with E-state index in [2.05, 4.69) is 20.3 Å². The molecule has 14 heavy (non-hydrogen) atoms. The molecule has 7 heteroatoms. The lowest BCUT2D eigenvalue weighted by molar-refractivity contribution is 0.204. The molecular formula is C7H12N6O. The molecular weight excluding hydrogens is 184 g/mol. The zero-order valence-corrected chi connectivity index (χ0v) is 7.68. The summed E-state index contributed by atoms with van der Waals surface area (Å²) in [6, 6.07) is -0.357. The molecule has 0 bridgehead atoms. The van der Waals surface area contributed by atoms with Crippen LogP contribution < -0.4 is 10.6 Å². The number of anilines is 1. The van der Waals surface area contributed by atoms with E-state index >= 15 is 0 Å². The number of rotatable bonds is 1. The highest BCUT2D eigenvalue weighted by molar-refractivity contribution is 5.72. The highest BCUT2D eigenvalue weighted by Crippen LogP contribution is 2.10. The molecule has 1 saturated heterocycles. The van der Waals surface area contributed by atoms with Gasteiger partial charge in [0.25, 0.3) is 0 Å². The van der Waals surface area contributed by atoms with Gasteiger partial charge in [0, 0.05) is 26.2 Å². The van der Waals surface area contributed by atoms with Gasteiger partial charge in [0.05, 0.1) is 6.20 Å². The standard InChI is InChI=1S/C7H12N6O/c8-7(14)13-3-1-12(2-4-13)6-5-9-11-10-6/h5H,1-4H2,(H2,8,14)(H,9,10,11). The summed E-state index contributed by atoms with van der Waals surface area (Å²) in [5.74, 6) is 0.814. The summed E-state index contributed by atoms with van der Waals surface area (Å²) in [6.07, 6.45) is 1.67. The fourth-order valence-corrected chi connectivity index (χ4v) is 1.50. The Morgan fingerprint density at radius 1 is 1.43 bits per heavy atom. The van der Waals surface area contributed by atoms with E-state index in [0.29, 0.717) is 13.1 Å². The summed E-state index contributed by atoms with van der Waals surface area (Å²) in [4.78, 5) is 14.5. The fourth-order valence-electron chi connectivity index (χ4n) is 1.50. The number of aromatic nitrogens is 3. The Balaban J connectivity index is 1.93. The first-order chi connectivity index (χ1) is 6.77. The van der Waals surface area contributed by atoms with Crippen molar-refractivity contribution in [1.29, 1.82) is 0 Å². The minimum atomic E-state index is -0.357. The summed E-state index contributed by atoms with van der Waals surface area (Å²) >= 11 is 0. The Bertz CT molecular complexity index is 302. The average Bonchev–Trinajstić information content (AvgIpc) is 2.71. The van der Waals surface area contributed by atoms with Crippen LogP contribution in [0.15, 0.2) is 6.20 Å². The van der Waals surface area contributed by atoms with Crippen LogP contribution in [0.3, 0.4) is 0 Å². The first-order valence-electron chi connectivity index (χ1n) is 4.42. The van der Waals surface area contributed by atoms with Gasteiger partial charge in [0.2, 0.25) is 0 Å². The van der Waals surface area contributed by atoms with Gasteiger partial charge in [-0.1, -0.05) is 0 Å². The molecule has 1 aromatic heterocycles. The molecule has 0 unspecified atom stereocenters. The molecule has 1 aliphatic heterocycles. The van der Waals surface area contributed by atoms with Crippen molar-refractivity contribution in [3.8, 4) is 0 Å². The highest BCUT2D eigenvalue weighted by atomic mass is 16.2. The summed E-state index contributed by atoms with van der Waals surface area (Å²) in [5, 5.41) is 10.2. The number of urea groups is 1. The predicted molar refractivity (Wildman–Crippen MR) is 49.8 cm³/mol. The van der Waals surface area contributed by atoms with E-state index in [1.54, 1.807) is 11.1 Å². The molecule has 2 rings (SSSR count). The molecule has 2 heterocycles. The van der Waals surface area contributed by atoms with E-state index < -0.39 is 0 Å². The minimum Gasteiger partial charge on any atom is -0.351 e. The lowest BCUT2D eigenvalue weighted by atomic mass is 10.3. The van der Waals surface area contributed by atoms with E-state index in [4.69, 9.17) is 5.73 Å². The topological polar surface area (TPSA) is 91.1 Å². The molecule has 0 saturated carbocycles. The number of nitrogens with two attached hydrogens (primary N) is 1. The van der Waals surface area contributed by atoms with Crippen molar-refractivity contribution in [2.24, 2.45) is 5.73 Å². The summed E-state index contributed by atoms with van der Waals surface area (Å²) in [7, 11) is 0. The first-order valence-corrected chi connectivity index (χ1v) is 4.42. The number of hydrogen-bond donors (Lipinski definition) is 2. The van der Waals surface area contributed by atoms with Crippen molar-refractivity contribution in [3.63, 3.8) is 0 Å². The minimum absolute atomic E-state index is 0.357. The third kappa shape index (κ3) is 1.61. The molecule has 76 valence electrons. The van der Waals surface area contributed by atoms with Crippen molar-refractivity contribution in [2.45, 2.75) is 0 Å². The number of aromatic amines is 1. The normalized spacial score (nSPS) is 17.1. The van der Waals surface area contributed by atoms with Crippen LogP contribution in [-0.2, 0) is 0 Å². The molecule has 3 N–H and O–H groups in total. The predicted octanol–water partition coefficient (Wildman–Crippen LogP) is -0.995. The zero-order chi connectivity index (χ0) is 9.97. The van der Waals surface area contributed by atoms with E-state index in [1.165, 1.54) is 0 Å². The highest BCUT2D eigenvalue weighted by Gasteiger charge is 2.20. The maximum Gasteiger partial charge on any atom is 0.314 e. The second-order valence-electron chi connectivity index (χ2n) is 3.14. The Morgan fingerprint density at radius 3 is 2.64 bits per heavy atom. The van der Waals surface area contributed by atoms with Crippen molar-refractivity contribution in [1.82, 2.24) is 20.3 Å². The van der Waals surface area contributed by atoms with Crippen LogP contribution >= 0.6 is 0 Å². The second-order valence-corrected chi connectivity index (χ2v) is 3.14. The zero-order valence-electron chi connectivity index (χ0n) is 7.68. The molecule has 0 aromatic carbocycles. The monoisotopic (exact) mass is 196 g/mol. The van der Waals surface area contributed by atoms with Gasteiger partial charge in [-0.2, -0.15) is 10.3 Å². The van der Waals surface area contributed by atoms with E-state index in [9.17, 15) is 4.79 Å². The van der Waals surface area contributed by atoms with Crippen LogP contribution in [0, 0.1) is 0 Å². The second kappa shape index (κ2) is 3.52. The van der Waals surface area contributed by atoms with Gasteiger partial charge in [0.15, 0.2) is 5.82 Å². The molecule has 1 fully saturated rings. The Labute approximate surface area is 80.9 Å². The number of hydrogen-bond acceptors (Lipinski definition) is 4. The van der Waals surface area contributed by atoms with Gasteiger partial charge in [-0.3, -0.25) is 0 Å². The number of nitrogens with one attached hydrogen (secondary N) is 1. The van der Waals surface area contributed by atoms with Crippen LogP contribution in [0.4, 0.5) is 10.6 Å². The fraction of sp³-hybridized carbons (Fsp3) is 0.571. The van der Waals surface area contributed by atoms with Crippen LogP contribution in [0.1, 0.15) is 0 Å². The van der Waals surface area contributed by atoms with Gasteiger partial charge in [0.1, 0.15) is 0 Å². The number of piperazine rings is 1. The number of carbonyl (C=O) groups is 1. The van der Waals surface area contributed by atoms with Crippen LogP contribution in [0.2, 0.25) is 0 Å². The van der Waals surface area contributed by atoms with Gasteiger partial charge >= 0.3 is 6.03 Å². The maximum absolute atomic E-state index is 10.8. The first kappa shape index (κ1) is 8.79. The van der Waals surface area contributed by atoms with Gasteiger partial charge in [-0.25, -0.2) is 4.79 Å². The Hall–Kier alpha value is -1.79. The van der Waals surface area contributed by atoms with Crippen molar-refractivity contribution >= 4 is 11.8 Å². The largest absolute Gasteiger partial charge is 0.351 e. The Kier molecular flexibility index (Phi) is 2.21. The van der Waals surface area contributed by atoms with Gasteiger partial charge in [-0.05, 0) is 0 Å². The van der Waals surface area contributed by atoms with Gasteiger partial charge in [-0.15, -0.1) is 5.10 Å². The Morgan fingerprint density at radius 2 is 2.14 bits per heavy atom. The smallest absolute Gasteiger partial charge is 0.314 e. The summed E-state index contributed by atoms with van der Waals surface area (Å²) in [5.41, 5.74) is 5.17. The SMILES string of the molecule is NC(=O)N1CCN(c2cn[nH]n2)CC1. The number of nitrogens with zero attached hydrogens (tertiary/aromatic N) is 4. The molecule has 2 amide bonds. The van der Waals surface area contributed by atoms with Gasteiger partial charge < -0.3 is 15.5 Å². The average molecular weight is 196 g/mol. The molecule has 1 aromatic rings. The van der Waals surface area contributed by atoms with Crippen molar-refractivity contribution in [3.05, 3.63) is 6.20 Å². The van der Waals surface area contributed by atoms with E-state index in [1.807, 2.05) is 0 Å². The summed E-state index contributed by atoms with van der Waals surface area (Å²) < 4.78 is 0. The van der Waals surface area contributed by atoms with Crippen molar-refractivity contribution in [2.75, 3.05) is 31.1 Å². The molecule has 1 aliphatic rings. The lowest BCUT2D eigenvalue weighted by Gasteiger charge is -2.33. The quantitative estimate of drug-likeness (QED) is 0.603.